The van der Waals surface area contributed by atoms with Crippen LogP contribution in [0.5, 0.6) is 0 Å². The minimum atomic E-state index is -0.191. The summed E-state index contributed by atoms with van der Waals surface area (Å²) in [5.74, 6) is 0.327. The standard InChI is InChI=1S/C15H17BrN4O/c1-2-11-12(16)14(20-19-11)18-15(21)10-7-3-5-9-6-4-8-17-13(9)10/h4,6,8,10H,2-3,5,7H2,1H3,(H2,18,19,20,21)/t10-/m0/s1. The lowest BCUT2D eigenvalue weighted by Gasteiger charge is -2.23. The smallest absolute Gasteiger partial charge is 0.234 e. The number of fused-ring (bicyclic) bond motifs is 1. The summed E-state index contributed by atoms with van der Waals surface area (Å²) in [5.41, 5.74) is 3.07. The summed E-state index contributed by atoms with van der Waals surface area (Å²) in [6.07, 6.45) is 5.43. The second-order valence-electron chi connectivity index (χ2n) is 5.20. The summed E-state index contributed by atoms with van der Waals surface area (Å²) in [4.78, 5) is 17.0. The molecule has 3 rings (SSSR count). The average Bonchev–Trinajstić information content (AvgIpc) is 2.87. The number of nitrogens with one attached hydrogen (secondary N) is 2. The summed E-state index contributed by atoms with van der Waals surface area (Å²) in [6.45, 7) is 2.03. The van der Waals surface area contributed by atoms with Crippen LogP contribution in [0.1, 0.15) is 42.6 Å². The molecule has 0 aliphatic heterocycles. The van der Waals surface area contributed by atoms with E-state index in [2.05, 4.69) is 42.5 Å². The summed E-state index contributed by atoms with van der Waals surface area (Å²) in [6, 6.07) is 3.98. The molecular formula is C15H17BrN4O. The second kappa shape index (κ2) is 5.97. The van der Waals surface area contributed by atoms with Crippen molar-refractivity contribution in [2.24, 2.45) is 0 Å². The van der Waals surface area contributed by atoms with Gasteiger partial charge in [-0.05, 0) is 53.2 Å². The number of pyridine rings is 1. The van der Waals surface area contributed by atoms with Crippen molar-refractivity contribution in [1.82, 2.24) is 15.2 Å². The molecule has 1 amide bonds. The number of rotatable bonds is 3. The van der Waals surface area contributed by atoms with E-state index in [1.165, 1.54) is 5.56 Å². The van der Waals surface area contributed by atoms with Gasteiger partial charge in [-0.15, -0.1) is 0 Å². The quantitative estimate of drug-likeness (QED) is 0.894. The van der Waals surface area contributed by atoms with E-state index in [1.807, 2.05) is 13.0 Å². The van der Waals surface area contributed by atoms with Crippen LogP contribution in [0.4, 0.5) is 5.82 Å². The summed E-state index contributed by atoms with van der Waals surface area (Å²) in [5, 5.41) is 9.98. The Kier molecular flexibility index (Phi) is 4.05. The van der Waals surface area contributed by atoms with Gasteiger partial charge < -0.3 is 5.32 Å². The molecule has 0 bridgehead atoms. The molecule has 0 aromatic carbocycles. The van der Waals surface area contributed by atoms with Crippen molar-refractivity contribution in [2.75, 3.05) is 5.32 Å². The lowest BCUT2D eigenvalue weighted by atomic mass is 9.86. The maximum absolute atomic E-state index is 12.6. The molecule has 2 heterocycles. The molecule has 0 saturated heterocycles. The largest absolute Gasteiger partial charge is 0.308 e. The highest BCUT2D eigenvalue weighted by Crippen LogP contribution is 2.32. The highest BCUT2D eigenvalue weighted by molar-refractivity contribution is 9.10. The molecule has 0 saturated carbocycles. The summed E-state index contributed by atoms with van der Waals surface area (Å²) >= 11 is 3.47. The first kappa shape index (κ1) is 14.3. The number of carbonyl (C=O) groups is 1. The first-order chi connectivity index (χ1) is 10.2. The van der Waals surface area contributed by atoms with E-state index >= 15 is 0 Å². The van der Waals surface area contributed by atoms with Crippen LogP contribution >= 0.6 is 15.9 Å². The van der Waals surface area contributed by atoms with Crippen LogP contribution in [0.25, 0.3) is 0 Å². The summed E-state index contributed by atoms with van der Waals surface area (Å²) in [7, 11) is 0. The number of aryl methyl sites for hydroxylation is 2. The molecule has 110 valence electrons. The van der Waals surface area contributed by atoms with Gasteiger partial charge in [-0.25, -0.2) is 0 Å². The van der Waals surface area contributed by atoms with Gasteiger partial charge in [0.1, 0.15) is 0 Å². The van der Waals surface area contributed by atoms with Crippen molar-refractivity contribution in [3.63, 3.8) is 0 Å². The fourth-order valence-electron chi connectivity index (χ4n) is 2.75. The average molecular weight is 349 g/mol. The molecular weight excluding hydrogens is 332 g/mol. The molecule has 0 fully saturated rings. The zero-order valence-corrected chi connectivity index (χ0v) is 13.4. The van der Waals surface area contributed by atoms with E-state index in [-0.39, 0.29) is 11.8 Å². The van der Waals surface area contributed by atoms with Gasteiger partial charge in [0.15, 0.2) is 5.82 Å². The molecule has 2 aromatic heterocycles. The maximum Gasteiger partial charge on any atom is 0.234 e. The Labute approximate surface area is 131 Å². The monoisotopic (exact) mass is 348 g/mol. The highest BCUT2D eigenvalue weighted by Gasteiger charge is 2.28. The van der Waals surface area contributed by atoms with Crippen LogP contribution in [0.15, 0.2) is 22.8 Å². The van der Waals surface area contributed by atoms with E-state index in [0.717, 1.165) is 41.5 Å². The fraction of sp³-hybridized carbons (Fsp3) is 0.400. The molecule has 0 unspecified atom stereocenters. The third-order valence-corrected chi connectivity index (χ3v) is 4.74. The van der Waals surface area contributed by atoms with Gasteiger partial charge in [0.05, 0.1) is 21.8 Å². The number of hydrogen-bond acceptors (Lipinski definition) is 3. The predicted molar refractivity (Wildman–Crippen MR) is 84.2 cm³/mol. The van der Waals surface area contributed by atoms with Gasteiger partial charge in [-0.2, -0.15) is 5.10 Å². The molecule has 1 atom stereocenters. The van der Waals surface area contributed by atoms with E-state index in [1.54, 1.807) is 6.20 Å². The van der Waals surface area contributed by atoms with Crippen LogP contribution in [0, 0.1) is 0 Å². The molecule has 0 spiro atoms. The molecule has 2 aromatic rings. The van der Waals surface area contributed by atoms with Crippen molar-refractivity contribution >= 4 is 27.7 Å². The van der Waals surface area contributed by atoms with Crippen LogP contribution in [-0.4, -0.2) is 21.1 Å². The maximum atomic E-state index is 12.6. The first-order valence-electron chi connectivity index (χ1n) is 7.18. The van der Waals surface area contributed by atoms with Crippen molar-refractivity contribution < 1.29 is 4.79 Å². The lowest BCUT2D eigenvalue weighted by molar-refractivity contribution is -0.118. The topological polar surface area (TPSA) is 70.7 Å². The van der Waals surface area contributed by atoms with Gasteiger partial charge in [0.2, 0.25) is 5.91 Å². The number of halogens is 1. The number of H-pyrrole nitrogens is 1. The third kappa shape index (κ3) is 2.72. The SMILES string of the molecule is CCc1[nH]nc(NC(=O)[C@H]2CCCc3cccnc32)c1Br. The van der Waals surface area contributed by atoms with Crippen LogP contribution in [0.3, 0.4) is 0 Å². The van der Waals surface area contributed by atoms with E-state index < -0.39 is 0 Å². The number of carbonyl (C=O) groups excluding carboxylic acids is 1. The molecule has 21 heavy (non-hydrogen) atoms. The molecule has 0 radical (unpaired) electrons. The van der Waals surface area contributed by atoms with Gasteiger partial charge in [-0.3, -0.25) is 14.9 Å². The van der Waals surface area contributed by atoms with Crippen LogP contribution in [-0.2, 0) is 17.6 Å². The fourth-order valence-corrected chi connectivity index (χ4v) is 3.31. The molecule has 5 nitrogen and oxygen atoms in total. The number of aromatic amines is 1. The van der Waals surface area contributed by atoms with Crippen LogP contribution < -0.4 is 5.32 Å². The number of aromatic nitrogens is 3. The Morgan fingerprint density at radius 3 is 3.19 bits per heavy atom. The zero-order chi connectivity index (χ0) is 14.8. The minimum absolute atomic E-state index is 0.0375. The number of amides is 1. The zero-order valence-electron chi connectivity index (χ0n) is 11.8. The van der Waals surface area contributed by atoms with Gasteiger partial charge in [0, 0.05) is 6.20 Å². The van der Waals surface area contributed by atoms with E-state index in [9.17, 15) is 4.79 Å². The molecule has 1 aliphatic rings. The third-order valence-electron chi connectivity index (χ3n) is 3.88. The highest BCUT2D eigenvalue weighted by atomic mass is 79.9. The van der Waals surface area contributed by atoms with Crippen molar-refractivity contribution in [3.05, 3.63) is 39.8 Å². The van der Waals surface area contributed by atoms with Crippen LogP contribution in [0.2, 0.25) is 0 Å². The Morgan fingerprint density at radius 1 is 1.57 bits per heavy atom. The molecule has 6 heteroatoms. The lowest BCUT2D eigenvalue weighted by Crippen LogP contribution is -2.26. The van der Waals surface area contributed by atoms with Gasteiger partial charge >= 0.3 is 0 Å². The molecule has 2 N–H and O–H groups in total. The van der Waals surface area contributed by atoms with Crippen molar-refractivity contribution in [2.45, 2.75) is 38.5 Å². The normalized spacial score (nSPS) is 17.3. The number of anilines is 1. The first-order valence-corrected chi connectivity index (χ1v) is 7.97. The van der Waals surface area contributed by atoms with Crippen molar-refractivity contribution in [1.29, 1.82) is 0 Å². The van der Waals surface area contributed by atoms with E-state index in [4.69, 9.17) is 0 Å². The Morgan fingerprint density at radius 2 is 2.43 bits per heavy atom. The Hall–Kier alpha value is -1.69. The second-order valence-corrected chi connectivity index (χ2v) is 5.99. The van der Waals surface area contributed by atoms with Crippen molar-refractivity contribution in [3.8, 4) is 0 Å². The Balaban J connectivity index is 1.82. The minimum Gasteiger partial charge on any atom is -0.308 e. The van der Waals surface area contributed by atoms with Gasteiger partial charge in [0.25, 0.3) is 0 Å². The number of hydrogen-bond donors (Lipinski definition) is 2. The Bertz CT molecular complexity index is 667. The number of nitrogens with zero attached hydrogens (tertiary/aromatic N) is 2. The summed E-state index contributed by atoms with van der Waals surface area (Å²) < 4.78 is 0.829. The van der Waals surface area contributed by atoms with Gasteiger partial charge in [-0.1, -0.05) is 13.0 Å². The predicted octanol–water partition coefficient (Wildman–Crippen LogP) is 3.19. The molecule has 1 aliphatic carbocycles. The van der Waals surface area contributed by atoms with E-state index in [0.29, 0.717) is 5.82 Å².